The number of anilines is 1. The minimum Gasteiger partial charge on any atom is -0.315 e. The first kappa shape index (κ1) is 22.5. The lowest BCUT2D eigenvalue weighted by atomic mass is 9.69. The number of aromatic nitrogens is 2. The summed E-state index contributed by atoms with van der Waals surface area (Å²) >= 11 is 1.60. The first-order valence-corrected chi connectivity index (χ1v) is 11.6. The highest BCUT2D eigenvalue weighted by Crippen LogP contribution is 2.45. The molecule has 0 radical (unpaired) electrons. The summed E-state index contributed by atoms with van der Waals surface area (Å²) in [6.45, 7) is 10.7. The van der Waals surface area contributed by atoms with Crippen LogP contribution in [-0.2, 0) is 30.7 Å². The fourth-order valence-corrected chi connectivity index (χ4v) is 5.48. The van der Waals surface area contributed by atoms with Crippen molar-refractivity contribution in [3.63, 3.8) is 0 Å². The number of carbonyl (C=O) groups is 1. The van der Waals surface area contributed by atoms with Crippen molar-refractivity contribution in [2.75, 3.05) is 18.9 Å². The van der Waals surface area contributed by atoms with Crippen LogP contribution < -0.4 is 5.32 Å². The molecule has 1 aliphatic rings. The normalized spacial score (nSPS) is 16.4. The van der Waals surface area contributed by atoms with Crippen molar-refractivity contribution in [1.29, 1.82) is 5.26 Å². The second-order valence-corrected chi connectivity index (χ2v) is 10.1. The fourth-order valence-electron chi connectivity index (χ4n) is 4.19. The Bertz CT molecular complexity index is 936. The molecule has 0 spiro atoms. The van der Waals surface area contributed by atoms with Gasteiger partial charge in [0.15, 0.2) is 0 Å². The zero-order valence-corrected chi connectivity index (χ0v) is 19.6. The summed E-state index contributed by atoms with van der Waals surface area (Å²) in [6.07, 6.45) is 8.04. The van der Waals surface area contributed by atoms with Crippen LogP contribution in [0.4, 0.5) is 5.00 Å². The summed E-state index contributed by atoms with van der Waals surface area (Å²) < 4.78 is 1.88. The standard InChI is InChI=1S/C23H33N5OS/c1-6-23(3,4)17-8-9-18-19(11-24)22(30-20(18)10-17)26-21(29)15-27(5)13-16-12-25-28(7-2)14-16/h12,14,17H,6-10,13,15H2,1-5H3,(H,26,29). The number of hydrogen-bond acceptors (Lipinski definition) is 5. The molecule has 2 aromatic heterocycles. The minimum absolute atomic E-state index is 0.0825. The highest BCUT2D eigenvalue weighted by Gasteiger charge is 2.34. The number of nitrogens with one attached hydrogen (secondary N) is 1. The van der Waals surface area contributed by atoms with Gasteiger partial charge >= 0.3 is 0 Å². The molecule has 30 heavy (non-hydrogen) atoms. The number of carbonyl (C=O) groups excluding carboxylic acids is 1. The highest BCUT2D eigenvalue weighted by atomic mass is 32.1. The minimum atomic E-state index is -0.0825. The van der Waals surface area contributed by atoms with Crippen LogP contribution in [0.5, 0.6) is 0 Å². The fraction of sp³-hybridized carbons (Fsp3) is 0.609. The van der Waals surface area contributed by atoms with Crippen LogP contribution in [0.3, 0.4) is 0 Å². The van der Waals surface area contributed by atoms with Crippen LogP contribution in [-0.4, -0.2) is 34.2 Å². The molecule has 1 unspecified atom stereocenters. The average Bonchev–Trinajstić information content (AvgIpc) is 3.30. The molecule has 0 fully saturated rings. The molecule has 7 heteroatoms. The number of nitriles is 1. The van der Waals surface area contributed by atoms with Crippen molar-refractivity contribution in [3.05, 3.63) is 34.0 Å². The molecule has 2 aromatic rings. The average molecular weight is 428 g/mol. The lowest BCUT2D eigenvalue weighted by molar-refractivity contribution is -0.117. The number of rotatable bonds is 8. The summed E-state index contributed by atoms with van der Waals surface area (Å²) in [5.74, 6) is 0.542. The SMILES string of the molecule is CCn1cc(CN(C)CC(=O)Nc2sc3c(c2C#N)CCC(C(C)(C)CC)C3)cn1. The van der Waals surface area contributed by atoms with Gasteiger partial charge in [-0.2, -0.15) is 10.4 Å². The Hall–Kier alpha value is -2.17. The van der Waals surface area contributed by atoms with Gasteiger partial charge < -0.3 is 5.32 Å². The Labute approximate surface area is 183 Å². The van der Waals surface area contributed by atoms with Crippen LogP contribution in [0.25, 0.3) is 0 Å². The van der Waals surface area contributed by atoms with Gasteiger partial charge in [0, 0.05) is 29.7 Å². The molecule has 1 atom stereocenters. The van der Waals surface area contributed by atoms with Crippen molar-refractivity contribution in [2.24, 2.45) is 11.3 Å². The van der Waals surface area contributed by atoms with Crippen molar-refractivity contribution < 1.29 is 4.79 Å². The number of aryl methyl sites for hydroxylation is 1. The Morgan fingerprint density at radius 3 is 2.87 bits per heavy atom. The zero-order chi connectivity index (χ0) is 21.9. The smallest absolute Gasteiger partial charge is 0.239 e. The monoisotopic (exact) mass is 427 g/mol. The number of fused-ring (bicyclic) bond motifs is 1. The van der Waals surface area contributed by atoms with E-state index in [0.717, 1.165) is 48.4 Å². The molecule has 6 nitrogen and oxygen atoms in total. The van der Waals surface area contributed by atoms with Gasteiger partial charge in [0.05, 0.1) is 18.3 Å². The van der Waals surface area contributed by atoms with Crippen LogP contribution in [0, 0.1) is 22.7 Å². The summed E-state index contributed by atoms with van der Waals surface area (Å²) in [5.41, 5.74) is 3.21. The molecule has 0 saturated carbocycles. The largest absolute Gasteiger partial charge is 0.315 e. The molecule has 1 aliphatic carbocycles. The Morgan fingerprint density at radius 1 is 1.47 bits per heavy atom. The molecule has 3 rings (SSSR count). The molecule has 1 amide bonds. The lowest BCUT2D eigenvalue weighted by Gasteiger charge is -2.36. The molecule has 0 bridgehead atoms. The Kier molecular flexibility index (Phi) is 6.99. The molecule has 0 aliphatic heterocycles. The first-order chi connectivity index (χ1) is 14.3. The van der Waals surface area contributed by atoms with E-state index in [4.69, 9.17) is 0 Å². The third kappa shape index (κ3) is 4.93. The van der Waals surface area contributed by atoms with Crippen molar-refractivity contribution in [1.82, 2.24) is 14.7 Å². The summed E-state index contributed by atoms with van der Waals surface area (Å²) in [6, 6.07) is 2.35. The van der Waals surface area contributed by atoms with E-state index in [1.807, 2.05) is 35.9 Å². The number of likely N-dealkylation sites (N-methyl/N-ethyl adjacent to an activating group) is 1. The van der Waals surface area contributed by atoms with Gasteiger partial charge in [-0.25, -0.2) is 0 Å². The van der Waals surface area contributed by atoms with E-state index in [2.05, 4.69) is 37.3 Å². The maximum Gasteiger partial charge on any atom is 0.239 e. The Morgan fingerprint density at radius 2 is 2.23 bits per heavy atom. The van der Waals surface area contributed by atoms with Crippen LogP contribution in [0.1, 0.15) is 62.1 Å². The zero-order valence-electron chi connectivity index (χ0n) is 18.8. The van der Waals surface area contributed by atoms with E-state index in [1.165, 1.54) is 4.88 Å². The van der Waals surface area contributed by atoms with E-state index in [9.17, 15) is 10.1 Å². The number of hydrogen-bond donors (Lipinski definition) is 1. The van der Waals surface area contributed by atoms with Gasteiger partial charge in [-0.1, -0.05) is 27.2 Å². The van der Waals surface area contributed by atoms with Gasteiger partial charge in [-0.15, -0.1) is 11.3 Å². The van der Waals surface area contributed by atoms with Gasteiger partial charge in [-0.05, 0) is 50.1 Å². The van der Waals surface area contributed by atoms with E-state index in [1.54, 1.807) is 11.3 Å². The van der Waals surface area contributed by atoms with Crippen LogP contribution in [0.15, 0.2) is 12.4 Å². The number of thiophene rings is 1. The topological polar surface area (TPSA) is 74.0 Å². The molecular weight excluding hydrogens is 394 g/mol. The van der Waals surface area contributed by atoms with Gasteiger partial charge in [0.1, 0.15) is 11.1 Å². The van der Waals surface area contributed by atoms with Crippen LogP contribution >= 0.6 is 11.3 Å². The molecular formula is C23H33N5OS. The van der Waals surface area contributed by atoms with Crippen molar-refractivity contribution in [2.45, 2.75) is 66.5 Å². The van der Waals surface area contributed by atoms with Gasteiger partial charge in [0.25, 0.3) is 0 Å². The maximum atomic E-state index is 12.6. The number of nitrogens with zero attached hydrogens (tertiary/aromatic N) is 4. The quantitative estimate of drug-likeness (QED) is 0.675. The van der Waals surface area contributed by atoms with E-state index in [0.29, 0.717) is 23.4 Å². The van der Waals surface area contributed by atoms with Gasteiger partial charge in [0.2, 0.25) is 5.91 Å². The molecule has 0 aromatic carbocycles. The third-order valence-electron chi connectivity index (χ3n) is 6.52. The highest BCUT2D eigenvalue weighted by molar-refractivity contribution is 7.16. The van der Waals surface area contributed by atoms with Crippen LogP contribution in [0.2, 0.25) is 0 Å². The summed E-state index contributed by atoms with van der Waals surface area (Å²) in [5, 5.41) is 17.7. The van der Waals surface area contributed by atoms with Crippen molar-refractivity contribution in [3.8, 4) is 6.07 Å². The van der Waals surface area contributed by atoms with E-state index >= 15 is 0 Å². The predicted molar refractivity (Wildman–Crippen MR) is 121 cm³/mol. The number of amides is 1. The molecule has 2 heterocycles. The predicted octanol–water partition coefficient (Wildman–Crippen LogP) is 4.45. The van der Waals surface area contributed by atoms with Gasteiger partial charge in [-0.3, -0.25) is 14.4 Å². The molecule has 1 N–H and O–H groups in total. The third-order valence-corrected chi connectivity index (χ3v) is 7.69. The maximum absolute atomic E-state index is 12.6. The van der Waals surface area contributed by atoms with E-state index in [-0.39, 0.29) is 12.5 Å². The van der Waals surface area contributed by atoms with E-state index < -0.39 is 0 Å². The van der Waals surface area contributed by atoms with Crippen molar-refractivity contribution >= 4 is 22.2 Å². The summed E-state index contributed by atoms with van der Waals surface area (Å²) in [7, 11) is 1.92. The lowest BCUT2D eigenvalue weighted by Crippen LogP contribution is -2.29. The molecule has 162 valence electrons. The Balaban J connectivity index is 1.65. The second kappa shape index (κ2) is 9.32. The first-order valence-electron chi connectivity index (χ1n) is 10.8. The molecule has 0 saturated heterocycles. The summed E-state index contributed by atoms with van der Waals surface area (Å²) in [4.78, 5) is 15.9. The second-order valence-electron chi connectivity index (χ2n) is 9.03.